The maximum atomic E-state index is 12.3. The van der Waals surface area contributed by atoms with E-state index in [1.807, 2.05) is 12.1 Å². The Labute approximate surface area is 154 Å². The molecule has 5 nitrogen and oxygen atoms in total. The maximum Gasteiger partial charge on any atom is 0.261 e. The summed E-state index contributed by atoms with van der Waals surface area (Å²) in [6.07, 6.45) is 2.01. The number of para-hydroxylation sites is 1. The third-order valence-corrected chi connectivity index (χ3v) is 4.50. The highest BCUT2D eigenvalue weighted by molar-refractivity contribution is 6.42. The van der Waals surface area contributed by atoms with Gasteiger partial charge in [-0.2, -0.15) is 0 Å². The number of amides is 1. The lowest BCUT2D eigenvalue weighted by Crippen LogP contribution is -2.33. The Morgan fingerprint density at radius 2 is 1.92 bits per heavy atom. The summed E-state index contributed by atoms with van der Waals surface area (Å²) < 4.78 is 1.30. The molecule has 7 heteroatoms. The summed E-state index contributed by atoms with van der Waals surface area (Å²) in [5.74, 6) is -0.251. The van der Waals surface area contributed by atoms with Crippen LogP contribution in [-0.4, -0.2) is 22.0 Å². The van der Waals surface area contributed by atoms with E-state index in [1.54, 1.807) is 30.3 Å². The van der Waals surface area contributed by atoms with Crippen LogP contribution in [0.15, 0.2) is 53.6 Å². The van der Waals surface area contributed by atoms with Gasteiger partial charge in [0.2, 0.25) is 5.91 Å². The SMILES string of the molecule is O=C(Cn1cnc2ccccc2c1=O)NCCc1ccc(Cl)c(Cl)c1. The van der Waals surface area contributed by atoms with Crippen molar-refractivity contribution in [3.8, 4) is 0 Å². The number of carbonyl (C=O) groups is 1. The van der Waals surface area contributed by atoms with Crippen molar-refractivity contribution in [3.63, 3.8) is 0 Å². The molecule has 0 bridgehead atoms. The summed E-state index contributed by atoms with van der Waals surface area (Å²) in [6, 6.07) is 12.4. The number of benzene rings is 2. The van der Waals surface area contributed by atoms with Crippen molar-refractivity contribution in [2.75, 3.05) is 6.54 Å². The smallest absolute Gasteiger partial charge is 0.261 e. The number of hydrogen-bond donors (Lipinski definition) is 1. The van der Waals surface area contributed by atoms with E-state index in [9.17, 15) is 9.59 Å². The number of rotatable bonds is 5. The highest BCUT2D eigenvalue weighted by atomic mass is 35.5. The summed E-state index contributed by atoms with van der Waals surface area (Å²) >= 11 is 11.8. The van der Waals surface area contributed by atoms with Crippen molar-refractivity contribution in [1.82, 2.24) is 14.9 Å². The molecule has 0 aliphatic rings. The molecule has 25 heavy (non-hydrogen) atoms. The van der Waals surface area contributed by atoms with E-state index in [0.717, 1.165) is 5.56 Å². The van der Waals surface area contributed by atoms with Crippen molar-refractivity contribution < 1.29 is 4.79 Å². The highest BCUT2D eigenvalue weighted by Gasteiger charge is 2.08. The lowest BCUT2D eigenvalue weighted by Gasteiger charge is -2.08. The molecular weight excluding hydrogens is 361 g/mol. The van der Waals surface area contributed by atoms with Gasteiger partial charge in [-0.1, -0.05) is 41.4 Å². The minimum absolute atomic E-state index is 0.0714. The van der Waals surface area contributed by atoms with Crippen molar-refractivity contribution >= 4 is 40.0 Å². The van der Waals surface area contributed by atoms with E-state index >= 15 is 0 Å². The molecule has 2 aromatic carbocycles. The third kappa shape index (κ3) is 4.18. The predicted octanol–water partition coefficient (Wildman–Crippen LogP) is 3.06. The molecule has 0 atom stereocenters. The summed E-state index contributed by atoms with van der Waals surface area (Å²) in [5.41, 5.74) is 1.35. The van der Waals surface area contributed by atoms with Crippen LogP contribution >= 0.6 is 23.2 Å². The molecular formula is C18H15Cl2N3O2. The molecule has 128 valence electrons. The molecule has 0 unspecified atom stereocenters. The number of hydrogen-bond acceptors (Lipinski definition) is 3. The van der Waals surface area contributed by atoms with Crippen LogP contribution in [0.3, 0.4) is 0 Å². The Hall–Kier alpha value is -2.37. The molecule has 0 radical (unpaired) electrons. The minimum Gasteiger partial charge on any atom is -0.354 e. The molecule has 3 aromatic rings. The van der Waals surface area contributed by atoms with Crippen LogP contribution in [0.4, 0.5) is 0 Å². The Kier molecular flexibility index (Phi) is 5.36. The number of fused-ring (bicyclic) bond motifs is 1. The zero-order valence-corrected chi connectivity index (χ0v) is 14.7. The zero-order chi connectivity index (χ0) is 17.8. The normalized spacial score (nSPS) is 10.8. The molecule has 3 rings (SSSR count). The van der Waals surface area contributed by atoms with E-state index in [4.69, 9.17) is 23.2 Å². The summed E-state index contributed by atoms with van der Waals surface area (Å²) in [5, 5.41) is 4.26. The topological polar surface area (TPSA) is 64.0 Å². The number of nitrogens with zero attached hydrogens (tertiary/aromatic N) is 2. The number of nitrogens with one attached hydrogen (secondary N) is 1. The van der Waals surface area contributed by atoms with Gasteiger partial charge >= 0.3 is 0 Å². The summed E-state index contributed by atoms with van der Waals surface area (Å²) in [4.78, 5) is 28.6. The lowest BCUT2D eigenvalue weighted by atomic mass is 10.1. The first-order valence-electron chi connectivity index (χ1n) is 7.69. The van der Waals surface area contributed by atoms with E-state index in [-0.39, 0.29) is 18.0 Å². The van der Waals surface area contributed by atoms with Crippen LogP contribution in [0.2, 0.25) is 10.0 Å². The highest BCUT2D eigenvalue weighted by Crippen LogP contribution is 2.22. The van der Waals surface area contributed by atoms with Crippen LogP contribution < -0.4 is 10.9 Å². The Bertz CT molecular complexity index is 985. The van der Waals surface area contributed by atoms with Crippen molar-refractivity contribution in [2.24, 2.45) is 0 Å². The second kappa shape index (κ2) is 7.68. The first-order chi connectivity index (χ1) is 12.0. The average molecular weight is 376 g/mol. The molecule has 0 saturated carbocycles. The molecule has 0 aliphatic carbocycles. The van der Waals surface area contributed by atoms with Gasteiger partial charge in [-0.25, -0.2) is 4.98 Å². The van der Waals surface area contributed by atoms with Gasteiger partial charge in [-0.15, -0.1) is 0 Å². The molecule has 0 aliphatic heterocycles. The van der Waals surface area contributed by atoms with Gasteiger partial charge in [0, 0.05) is 6.54 Å². The molecule has 0 saturated heterocycles. The second-order valence-corrected chi connectivity index (χ2v) is 6.36. The third-order valence-electron chi connectivity index (χ3n) is 3.77. The van der Waals surface area contributed by atoms with E-state index in [2.05, 4.69) is 10.3 Å². The second-order valence-electron chi connectivity index (χ2n) is 5.54. The largest absolute Gasteiger partial charge is 0.354 e. The van der Waals surface area contributed by atoms with E-state index in [1.165, 1.54) is 10.9 Å². The maximum absolute atomic E-state index is 12.3. The zero-order valence-electron chi connectivity index (χ0n) is 13.2. The van der Waals surface area contributed by atoms with Gasteiger partial charge < -0.3 is 5.32 Å². The molecule has 1 heterocycles. The Morgan fingerprint density at radius 3 is 2.72 bits per heavy atom. The fourth-order valence-electron chi connectivity index (χ4n) is 2.47. The van der Waals surface area contributed by atoms with Crippen LogP contribution in [0.25, 0.3) is 10.9 Å². The lowest BCUT2D eigenvalue weighted by molar-refractivity contribution is -0.121. The Balaban J connectivity index is 1.60. The van der Waals surface area contributed by atoms with E-state index < -0.39 is 0 Å². The van der Waals surface area contributed by atoms with Gasteiger partial charge in [0.15, 0.2) is 0 Å². The van der Waals surface area contributed by atoms with Gasteiger partial charge in [0.25, 0.3) is 5.56 Å². The monoisotopic (exact) mass is 375 g/mol. The first kappa shape index (κ1) is 17.5. The first-order valence-corrected chi connectivity index (χ1v) is 8.45. The fourth-order valence-corrected chi connectivity index (χ4v) is 2.79. The van der Waals surface area contributed by atoms with E-state index in [0.29, 0.717) is 33.9 Å². The van der Waals surface area contributed by atoms with Crippen LogP contribution in [0.1, 0.15) is 5.56 Å². The van der Waals surface area contributed by atoms with Crippen LogP contribution in [0.5, 0.6) is 0 Å². The quantitative estimate of drug-likeness (QED) is 0.745. The Morgan fingerprint density at radius 1 is 1.12 bits per heavy atom. The van der Waals surface area contributed by atoms with Crippen molar-refractivity contribution in [2.45, 2.75) is 13.0 Å². The molecule has 0 fully saturated rings. The van der Waals surface area contributed by atoms with Gasteiger partial charge in [-0.05, 0) is 36.2 Å². The molecule has 1 N–H and O–H groups in total. The van der Waals surface area contributed by atoms with Gasteiger partial charge in [0.1, 0.15) is 6.54 Å². The average Bonchev–Trinajstić information content (AvgIpc) is 2.61. The molecule has 1 aromatic heterocycles. The van der Waals surface area contributed by atoms with Crippen LogP contribution in [0, 0.1) is 0 Å². The fraction of sp³-hybridized carbons (Fsp3) is 0.167. The van der Waals surface area contributed by atoms with Crippen molar-refractivity contribution in [3.05, 3.63) is 74.8 Å². The summed E-state index contributed by atoms with van der Waals surface area (Å²) in [6.45, 7) is 0.366. The number of aromatic nitrogens is 2. The van der Waals surface area contributed by atoms with Crippen molar-refractivity contribution in [1.29, 1.82) is 0 Å². The standard InChI is InChI=1S/C18H15Cl2N3O2/c19-14-6-5-12(9-15(14)20)7-8-21-17(24)10-23-11-22-16-4-2-1-3-13(16)18(23)25/h1-6,9,11H,7-8,10H2,(H,21,24). The minimum atomic E-state index is -0.251. The van der Waals surface area contributed by atoms with Crippen LogP contribution in [-0.2, 0) is 17.8 Å². The molecule has 0 spiro atoms. The number of halogens is 2. The predicted molar refractivity (Wildman–Crippen MR) is 99.2 cm³/mol. The summed E-state index contributed by atoms with van der Waals surface area (Å²) in [7, 11) is 0. The van der Waals surface area contributed by atoms with Gasteiger partial charge in [0.05, 0.1) is 27.3 Å². The number of carbonyl (C=O) groups excluding carboxylic acids is 1. The molecule has 1 amide bonds. The van der Waals surface area contributed by atoms with Gasteiger partial charge in [-0.3, -0.25) is 14.2 Å².